The van der Waals surface area contributed by atoms with E-state index in [0.717, 1.165) is 25.1 Å². The Morgan fingerprint density at radius 1 is 1.50 bits per heavy atom. The summed E-state index contributed by atoms with van der Waals surface area (Å²) in [5.74, 6) is 0. The SMILES string of the molecule is CNC(CCOC(C)C)Cc1nc(C)cs1. The Hall–Kier alpha value is -0.450. The first kappa shape index (κ1) is 13.6. The predicted molar refractivity (Wildman–Crippen MR) is 69.1 cm³/mol. The molecule has 1 aromatic rings. The summed E-state index contributed by atoms with van der Waals surface area (Å²) in [5, 5.41) is 6.63. The van der Waals surface area contributed by atoms with E-state index in [2.05, 4.69) is 29.5 Å². The first-order valence-electron chi connectivity index (χ1n) is 5.81. The zero-order valence-electron chi connectivity index (χ0n) is 10.6. The molecule has 1 N–H and O–H groups in total. The van der Waals surface area contributed by atoms with Gasteiger partial charge in [0, 0.05) is 30.1 Å². The molecule has 1 aromatic heterocycles. The van der Waals surface area contributed by atoms with Crippen LogP contribution in [-0.2, 0) is 11.2 Å². The minimum Gasteiger partial charge on any atom is -0.379 e. The number of thiazole rings is 1. The molecule has 0 aromatic carbocycles. The van der Waals surface area contributed by atoms with Crippen molar-refractivity contribution in [2.24, 2.45) is 0 Å². The largest absolute Gasteiger partial charge is 0.379 e. The number of hydrogen-bond donors (Lipinski definition) is 1. The van der Waals surface area contributed by atoms with E-state index in [1.807, 2.05) is 14.0 Å². The van der Waals surface area contributed by atoms with Crippen molar-refractivity contribution in [3.05, 3.63) is 16.1 Å². The van der Waals surface area contributed by atoms with Crippen molar-refractivity contribution in [1.82, 2.24) is 10.3 Å². The van der Waals surface area contributed by atoms with Crippen LogP contribution in [-0.4, -0.2) is 30.8 Å². The Kier molecular flexibility index (Phi) is 5.95. The molecule has 0 spiro atoms. The van der Waals surface area contributed by atoms with Crippen LogP contribution < -0.4 is 5.32 Å². The summed E-state index contributed by atoms with van der Waals surface area (Å²) in [4.78, 5) is 4.48. The van der Waals surface area contributed by atoms with E-state index in [0.29, 0.717) is 12.1 Å². The zero-order chi connectivity index (χ0) is 12.0. The van der Waals surface area contributed by atoms with E-state index in [1.54, 1.807) is 11.3 Å². The monoisotopic (exact) mass is 242 g/mol. The number of ether oxygens (including phenoxy) is 1. The molecule has 0 saturated carbocycles. The highest BCUT2D eigenvalue weighted by Crippen LogP contribution is 2.12. The molecule has 0 fully saturated rings. The van der Waals surface area contributed by atoms with Crippen molar-refractivity contribution in [1.29, 1.82) is 0 Å². The van der Waals surface area contributed by atoms with Crippen LogP contribution in [0.3, 0.4) is 0 Å². The van der Waals surface area contributed by atoms with Crippen molar-refractivity contribution in [2.75, 3.05) is 13.7 Å². The van der Waals surface area contributed by atoms with E-state index in [4.69, 9.17) is 4.74 Å². The summed E-state index contributed by atoms with van der Waals surface area (Å²) in [5.41, 5.74) is 1.12. The molecule has 0 saturated heterocycles. The second-order valence-electron chi connectivity index (χ2n) is 4.28. The van der Waals surface area contributed by atoms with Crippen molar-refractivity contribution in [3.63, 3.8) is 0 Å². The molecule has 1 unspecified atom stereocenters. The summed E-state index contributed by atoms with van der Waals surface area (Å²) in [6.07, 6.45) is 2.35. The van der Waals surface area contributed by atoms with Crippen molar-refractivity contribution in [3.8, 4) is 0 Å². The van der Waals surface area contributed by atoms with E-state index < -0.39 is 0 Å². The molecule has 0 aliphatic rings. The lowest BCUT2D eigenvalue weighted by Gasteiger charge is -2.15. The molecule has 0 radical (unpaired) electrons. The number of nitrogens with zero attached hydrogens (tertiary/aromatic N) is 1. The molecule has 4 heteroatoms. The van der Waals surface area contributed by atoms with Gasteiger partial charge in [0.15, 0.2) is 0 Å². The third-order valence-electron chi connectivity index (χ3n) is 2.41. The molecule has 1 heterocycles. The van der Waals surface area contributed by atoms with Crippen molar-refractivity contribution in [2.45, 2.75) is 45.8 Å². The Balaban J connectivity index is 2.31. The normalized spacial score (nSPS) is 13.3. The van der Waals surface area contributed by atoms with E-state index in [-0.39, 0.29) is 0 Å². The molecule has 1 rings (SSSR count). The van der Waals surface area contributed by atoms with Gasteiger partial charge in [-0.05, 0) is 34.2 Å². The quantitative estimate of drug-likeness (QED) is 0.797. The Labute approximate surface area is 102 Å². The molecular formula is C12H22N2OS. The highest BCUT2D eigenvalue weighted by Gasteiger charge is 2.10. The van der Waals surface area contributed by atoms with Gasteiger partial charge >= 0.3 is 0 Å². The number of nitrogens with one attached hydrogen (secondary N) is 1. The molecule has 0 amide bonds. The number of aromatic nitrogens is 1. The van der Waals surface area contributed by atoms with Crippen LogP contribution in [0, 0.1) is 6.92 Å². The van der Waals surface area contributed by atoms with Gasteiger partial charge in [-0.15, -0.1) is 11.3 Å². The van der Waals surface area contributed by atoms with Crippen LogP contribution in [0.5, 0.6) is 0 Å². The van der Waals surface area contributed by atoms with Gasteiger partial charge in [-0.1, -0.05) is 0 Å². The number of likely N-dealkylation sites (N-methyl/N-ethyl adjacent to an activating group) is 1. The van der Waals surface area contributed by atoms with Gasteiger partial charge in [0.2, 0.25) is 0 Å². The van der Waals surface area contributed by atoms with Gasteiger partial charge in [-0.2, -0.15) is 0 Å². The average molecular weight is 242 g/mol. The van der Waals surface area contributed by atoms with E-state index in [1.165, 1.54) is 5.01 Å². The molecular weight excluding hydrogens is 220 g/mol. The topological polar surface area (TPSA) is 34.1 Å². The number of rotatable bonds is 7. The Morgan fingerprint density at radius 3 is 2.75 bits per heavy atom. The molecule has 92 valence electrons. The predicted octanol–water partition coefficient (Wildman–Crippen LogP) is 2.40. The fourth-order valence-electron chi connectivity index (χ4n) is 1.50. The number of aryl methyl sites for hydroxylation is 1. The molecule has 0 aliphatic carbocycles. The third kappa shape index (κ3) is 5.05. The smallest absolute Gasteiger partial charge is 0.0943 e. The van der Waals surface area contributed by atoms with Crippen molar-refractivity contribution < 1.29 is 4.74 Å². The zero-order valence-corrected chi connectivity index (χ0v) is 11.4. The highest BCUT2D eigenvalue weighted by molar-refractivity contribution is 7.09. The first-order chi connectivity index (χ1) is 7.61. The second kappa shape index (κ2) is 6.99. The fraction of sp³-hybridized carbons (Fsp3) is 0.750. The van der Waals surface area contributed by atoms with Gasteiger partial charge in [-0.25, -0.2) is 4.98 Å². The maximum atomic E-state index is 5.56. The van der Waals surface area contributed by atoms with Crippen molar-refractivity contribution >= 4 is 11.3 Å². The molecule has 1 atom stereocenters. The van der Waals surface area contributed by atoms with Crippen LogP contribution in [0.4, 0.5) is 0 Å². The van der Waals surface area contributed by atoms with Gasteiger partial charge in [-0.3, -0.25) is 0 Å². The van der Waals surface area contributed by atoms with E-state index in [9.17, 15) is 0 Å². The molecule has 0 aliphatic heterocycles. The number of hydrogen-bond acceptors (Lipinski definition) is 4. The van der Waals surface area contributed by atoms with Gasteiger partial charge in [0.1, 0.15) is 0 Å². The first-order valence-corrected chi connectivity index (χ1v) is 6.69. The highest BCUT2D eigenvalue weighted by atomic mass is 32.1. The maximum Gasteiger partial charge on any atom is 0.0943 e. The summed E-state index contributed by atoms with van der Waals surface area (Å²) < 4.78 is 5.56. The average Bonchev–Trinajstić information content (AvgIpc) is 2.62. The van der Waals surface area contributed by atoms with Crippen LogP contribution in [0.1, 0.15) is 31.0 Å². The summed E-state index contributed by atoms with van der Waals surface area (Å²) in [6, 6.07) is 0.462. The van der Waals surface area contributed by atoms with Gasteiger partial charge in [0.05, 0.1) is 11.1 Å². The lowest BCUT2D eigenvalue weighted by atomic mass is 10.1. The standard InChI is InChI=1S/C12H22N2OS/c1-9(2)15-6-5-11(13-4)7-12-14-10(3)8-16-12/h8-9,11,13H,5-7H2,1-4H3. The Morgan fingerprint density at radius 2 is 2.25 bits per heavy atom. The second-order valence-corrected chi connectivity index (χ2v) is 5.22. The van der Waals surface area contributed by atoms with Gasteiger partial charge < -0.3 is 10.1 Å². The minimum atomic E-state index is 0.319. The fourth-order valence-corrected chi connectivity index (χ4v) is 2.36. The summed E-state index contributed by atoms with van der Waals surface area (Å²) in [7, 11) is 2.00. The van der Waals surface area contributed by atoms with Gasteiger partial charge in [0.25, 0.3) is 0 Å². The molecule has 16 heavy (non-hydrogen) atoms. The lowest BCUT2D eigenvalue weighted by molar-refractivity contribution is 0.0720. The van der Waals surface area contributed by atoms with Crippen LogP contribution in [0.2, 0.25) is 0 Å². The van der Waals surface area contributed by atoms with Crippen LogP contribution in [0.25, 0.3) is 0 Å². The van der Waals surface area contributed by atoms with Crippen LogP contribution >= 0.6 is 11.3 Å². The Bertz CT molecular complexity index is 299. The van der Waals surface area contributed by atoms with E-state index >= 15 is 0 Å². The molecule has 0 bridgehead atoms. The lowest BCUT2D eigenvalue weighted by Crippen LogP contribution is -2.29. The third-order valence-corrected chi connectivity index (χ3v) is 3.40. The van der Waals surface area contributed by atoms with Crippen LogP contribution in [0.15, 0.2) is 5.38 Å². The molecule has 3 nitrogen and oxygen atoms in total. The minimum absolute atomic E-state index is 0.319. The summed E-state index contributed by atoms with van der Waals surface area (Å²) in [6.45, 7) is 6.99. The maximum absolute atomic E-state index is 5.56. The summed E-state index contributed by atoms with van der Waals surface area (Å²) >= 11 is 1.74.